The molecule has 2 aromatic carbocycles. The highest BCUT2D eigenvalue weighted by Crippen LogP contribution is 2.32. The average Bonchev–Trinajstić information content (AvgIpc) is 2.97. The molecule has 0 spiro atoms. The van der Waals surface area contributed by atoms with Gasteiger partial charge in [-0.1, -0.05) is 61.0 Å². The normalized spacial score (nSPS) is 16.3. The number of imide groups is 1. The molecule has 3 rings (SSSR count). The Morgan fingerprint density at radius 2 is 1.83 bits per heavy atom. The Morgan fingerprint density at radius 1 is 1.14 bits per heavy atom. The Labute approximate surface area is 179 Å². The Morgan fingerprint density at radius 3 is 2.52 bits per heavy atom. The molecule has 0 aliphatic carbocycles. The van der Waals surface area contributed by atoms with Gasteiger partial charge in [0.1, 0.15) is 0 Å². The maximum absolute atomic E-state index is 12.5. The van der Waals surface area contributed by atoms with Crippen molar-refractivity contribution in [2.75, 3.05) is 13.1 Å². The monoisotopic (exact) mass is 428 g/mol. The number of carbonyl (C=O) groups excluding carboxylic acids is 3. The van der Waals surface area contributed by atoms with Gasteiger partial charge < -0.3 is 5.32 Å². The molecular formula is C22H21ClN2O3S. The predicted octanol–water partition coefficient (Wildman–Crippen LogP) is 4.69. The van der Waals surface area contributed by atoms with Crippen molar-refractivity contribution in [1.29, 1.82) is 0 Å². The lowest BCUT2D eigenvalue weighted by molar-refractivity contribution is -0.124. The van der Waals surface area contributed by atoms with Gasteiger partial charge in [0.25, 0.3) is 11.1 Å². The second-order valence-electron chi connectivity index (χ2n) is 6.75. The Kier molecular flexibility index (Phi) is 7.12. The summed E-state index contributed by atoms with van der Waals surface area (Å²) in [6.07, 6.45) is 2.02. The minimum absolute atomic E-state index is 0.0933. The van der Waals surface area contributed by atoms with Crippen LogP contribution in [0.15, 0.2) is 59.5 Å². The fourth-order valence-corrected chi connectivity index (χ4v) is 3.95. The van der Waals surface area contributed by atoms with Crippen molar-refractivity contribution in [2.24, 2.45) is 0 Å². The molecule has 1 atom stereocenters. The maximum Gasteiger partial charge on any atom is 0.293 e. The van der Waals surface area contributed by atoms with E-state index in [0.29, 0.717) is 16.3 Å². The molecular weight excluding hydrogens is 408 g/mol. The number of thioether (sulfide) groups is 1. The van der Waals surface area contributed by atoms with E-state index >= 15 is 0 Å². The van der Waals surface area contributed by atoms with E-state index in [0.717, 1.165) is 27.8 Å². The number of nitrogens with zero attached hydrogens (tertiary/aromatic N) is 1. The Balaban J connectivity index is 1.50. The number of hydrogen-bond acceptors (Lipinski definition) is 4. The van der Waals surface area contributed by atoms with Crippen LogP contribution < -0.4 is 5.32 Å². The van der Waals surface area contributed by atoms with E-state index in [1.54, 1.807) is 30.3 Å². The molecule has 1 unspecified atom stereocenters. The largest absolute Gasteiger partial charge is 0.354 e. The van der Waals surface area contributed by atoms with Crippen molar-refractivity contribution in [2.45, 2.75) is 19.3 Å². The third-order valence-electron chi connectivity index (χ3n) is 4.56. The molecule has 1 N–H and O–H groups in total. The van der Waals surface area contributed by atoms with Crippen LogP contribution in [0, 0.1) is 0 Å². The standard InChI is InChI=1S/C22H21ClN2O3S/c1-15(17-5-3-2-4-6-17)13-20(26)24-11-12-25-21(27)19(29-22(25)28)14-16-7-9-18(23)10-8-16/h2-10,14-15H,11-13H2,1H3,(H,24,26)/b19-14+. The molecule has 29 heavy (non-hydrogen) atoms. The van der Waals surface area contributed by atoms with E-state index in [1.807, 2.05) is 37.3 Å². The van der Waals surface area contributed by atoms with Crippen LogP contribution in [0.4, 0.5) is 4.79 Å². The fraction of sp³-hybridized carbons (Fsp3) is 0.227. The van der Waals surface area contributed by atoms with Crippen LogP contribution in [-0.2, 0) is 9.59 Å². The first-order chi connectivity index (χ1) is 13.9. The van der Waals surface area contributed by atoms with Crippen LogP contribution in [0.25, 0.3) is 6.08 Å². The van der Waals surface area contributed by atoms with E-state index in [9.17, 15) is 14.4 Å². The zero-order valence-electron chi connectivity index (χ0n) is 15.9. The highest BCUT2D eigenvalue weighted by Gasteiger charge is 2.34. The topological polar surface area (TPSA) is 66.5 Å². The number of halogens is 1. The van der Waals surface area contributed by atoms with Crippen molar-refractivity contribution < 1.29 is 14.4 Å². The van der Waals surface area contributed by atoms with Crippen LogP contribution in [0.5, 0.6) is 0 Å². The molecule has 1 aliphatic heterocycles. The second-order valence-corrected chi connectivity index (χ2v) is 8.18. The lowest BCUT2D eigenvalue weighted by Crippen LogP contribution is -2.37. The zero-order chi connectivity index (χ0) is 20.8. The van der Waals surface area contributed by atoms with Gasteiger partial charge in [-0.25, -0.2) is 0 Å². The number of hydrogen-bond donors (Lipinski definition) is 1. The molecule has 3 amide bonds. The van der Waals surface area contributed by atoms with E-state index < -0.39 is 0 Å². The molecule has 1 saturated heterocycles. The van der Waals surface area contributed by atoms with Gasteiger partial charge in [-0.2, -0.15) is 0 Å². The fourth-order valence-electron chi connectivity index (χ4n) is 2.96. The molecule has 0 bridgehead atoms. The van der Waals surface area contributed by atoms with Gasteiger partial charge in [-0.05, 0) is 47.0 Å². The maximum atomic E-state index is 12.5. The smallest absolute Gasteiger partial charge is 0.293 e. The second kappa shape index (κ2) is 9.76. The molecule has 0 radical (unpaired) electrons. The third kappa shape index (κ3) is 5.71. The van der Waals surface area contributed by atoms with Crippen LogP contribution in [0.2, 0.25) is 5.02 Å². The van der Waals surface area contributed by atoms with Crippen molar-refractivity contribution >= 4 is 46.5 Å². The quantitative estimate of drug-likeness (QED) is 0.650. The third-order valence-corrected chi connectivity index (χ3v) is 5.72. The molecule has 1 heterocycles. The molecule has 2 aromatic rings. The first kappa shape index (κ1) is 21.1. The molecule has 5 nitrogen and oxygen atoms in total. The number of amides is 3. The number of benzene rings is 2. The summed E-state index contributed by atoms with van der Waals surface area (Å²) < 4.78 is 0. The molecule has 7 heteroatoms. The van der Waals surface area contributed by atoms with Gasteiger partial charge in [0, 0.05) is 24.5 Å². The van der Waals surface area contributed by atoms with E-state index in [1.165, 1.54) is 0 Å². The predicted molar refractivity (Wildman–Crippen MR) is 117 cm³/mol. The van der Waals surface area contributed by atoms with Crippen LogP contribution in [0.3, 0.4) is 0 Å². The summed E-state index contributed by atoms with van der Waals surface area (Å²) in [6.45, 7) is 2.37. The van der Waals surface area contributed by atoms with Gasteiger partial charge in [-0.3, -0.25) is 19.3 Å². The summed E-state index contributed by atoms with van der Waals surface area (Å²) in [5, 5.41) is 3.07. The average molecular weight is 429 g/mol. The summed E-state index contributed by atoms with van der Waals surface area (Å²) in [7, 11) is 0. The first-order valence-corrected chi connectivity index (χ1v) is 10.5. The van der Waals surface area contributed by atoms with Gasteiger partial charge in [-0.15, -0.1) is 0 Å². The number of rotatable bonds is 7. The van der Waals surface area contributed by atoms with Crippen molar-refractivity contribution in [1.82, 2.24) is 10.2 Å². The zero-order valence-corrected chi connectivity index (χ0v) is 17.5. The van der Waals surface area contributed by atoms with E-state index in [-0.39, 0.29) is 36.1 Å². The summed E-state index contributed by atoms with van der Waals surface area (Å²) in [5.74, 6) is -0.359. The molecule has 0 saturated carbocycles. The van der Waals surface area contributed by atoms with Crippen LogP contribution in [-0.4, -0.2) is 35.0 Å². The lowest BCUT2D eigenvalue weighted by Gasteiger charge is -2.15. The highest BCUT2D eigenvalue weighted by atomic mass is 35.5. The summed E-state index contributed by atoms with van der Waals surface area (Å²) in [6, 6.07) is 16.8. The minimum Gasteiger partial charge on any atom is -0.354 e. The lowest BCUT2D eigenvalue weighted by atomic mass is 9.98. The van der Waals surface area contributed by atoms with Gasteiger partial charge in [0.2, 0.25) is 5.91 Å². The van der Waals surface area contributed by atoms with E-state index in [4.69, 9.17) is 11.6 Å². The van der Waals surface area contributed by atoms with Gasteiger partial charge >= 0.3 is 0 Å². The molecule has 0 aromatic heterocycles. The van der Waals surface area contributed by atoms with Crippen molar-refractivity contribution in [3.63, 3.8) is 0 Å². The van der Waals surface area contributed by atoms with E-state index in [2.05, 4.69) is 5.32 Å². The summed E-state index contributed by atoms with van der Waals surface area (Å²) >= 11 is 6.76. The van der Waals surface area contributed by atoms with Gasteiger partial charge in [0.15, 0.2) is 0 Å². The molecule has 1 aliphatic rings. The van der Waals surface area contributed by atoms with Crippen LogP contribution >= 0.6 is 23.4 Å². The molecule has 150 valence electrons. The van der Waals surface area contributed by atoms with Crippen molar-refractivity contribution in [3.05, 3.63) is 75.7 Å². The minimum atomic E-state index is -0.346. The highest BCUT2D eigenvalue weighted by molar-refractivity contribution is 8.18. The Bertz CT molecular complexity index is 929. The van der Waals surface area contributed by atoms with Crippen LogP contribution in [0.1, 0.15) is 30.4 Å². The number of nitrogens with one attached hydrogen (secondary N) is 1. The molecule has 1 fully saturated rings. The SMILES string of the molecule is CC(CC(=O)NCCN1C(=O)S/C(=C/c2ccc(Cl)cc2)C1=O)c1ccccc1. The van der Waals surface area contributed by atoms with Gasteiger partial charge in [0.05, 0.1) is 4.91 Å². The summed E-state index contributed by atoms with van der Waals surface area (Å²) in [4.78, 5) is 38.4. The first-order valence-electron chi connectivity index (χ1n) is 9.26. The Hall–Kier alpha value is -2.57. The summed E-state index contributed by atoms with van der Waals surface area (Å²) in [5.41, 5.74) is 1.89. The van der Waals surface area contributed by atoms with Crippen molar-refractivity contribution in [3.8, 4) is 0 Å². The number of carbonyl (C=O) groups is 3.